The van der Waals surface area contributed by atoms with Crippen molar-refractivity contribution in [1.82, 2.24) is 14.9 Å². The van der Waals surface area contributed by atoms with E-state index in [4.69, 9.17) is 13.9 Å². The Kier molecular flexibility index (Phi) is 7.71. The SMILES string of the molecule is CCOC(=O)C1=C(COC(=O)c2ccc(S(=O)(=O)N3CCc4ccccc4C3)cc2)NC(=O)NC1c1ccco1. The second-order valence-electron chi connectivity index (χ2n) is 9.12. The van der Waals surface area contributed by atoms with Crippen molar-refractivity contribution in [3.63, 3.8) is 0 Å². The molecule has 0 aliphatic carbocycles. The topological polar surface area (TPSA) is 144 Å². The number of amides is 2. The summed E-state index contributed by atoms with van der Waals surface area (Å²) in [5, 5.41) is 5.11. The molecule has 12 heteroatoms. The molecule has 40 heavy (non-hydrogen) atoms. The van der Waals surface area contributed by atoms with E-state index in [9.17, 15) is 22.8 Å². The van der Waals surface area contributed by atoms with Crippen LogP contribution in [0.1, 0.15) is 40.2 Å². The van der Waals surface area contributed by atoms with Crippen LogP contribution in [0.2, 0.25) is 0 Å². The molecule has 2 aliphatic heterocycles. The van der Waals surface area contributed by atoms with Gasteiger partial charge in [-0.1, -0.05) is 24.3 Å². The van der Waals surface area contributed by atoms with E-state index in [1.54, 1.807) is 19.1 Å². The molecule has 208 valence electrons. The monoisotopic (exact) mass is 565 g/mol. The van der Waals surface area contributed by atoms with Crippen molar-refractivity contribution in [3.05, 3.63) is 101 Å². The molecule has 1 atom stereocenters. The highest BCUT2D eigenvalue weighted by Crippen LogP contribution is 2.29. The van der Waals surface area contributed by atoms with E-state index in [1.165, 1.54) is 34.8 Å². The highest BCUT2D eigenvalue weighted by Gasteiger charge is 2.36. The van der Waals surface area contributed by atoms with Crippen LogP contribution in [0.5, 0.6) is 0 Å². The first-order valence-corrected chi connectivity index (χ1v) is 14.1. The molecule has 1 aromatic heterocycles. The molecule has 11 nitrogen and oxygen atoms in total. The van der Waals surface area contributed by atoms with Gasteiger partial charge in [0, 0.05) is 13.1 Å². The molecule has 1 unspecified atom stereocenters. The predicted molar refractivity (Wildman–Crippen MR) is 141 cm³/mol. The molecule has 2 aliphatic rings. The van der Waals surface area contributed by atoms with Crippen molar-refractivity contribution in [2.45, 2.75) is 30.8 Å². The Bertz CT molecular complexity index is 1560. The Hall–Kier alpha value is -4.42. The third kappa shape index (κ3) is 5.49. The van der Waals surface area contributed by atoms with Crippen LogP contribution in [-0.4, -0.2) is 50.5 Å². The maximum absolute atomic E-state index is 13.2. The number of hydrogen-bond acceptors (Lipinski definition) is 8. The van der Waals surface area contributed by atoms with E-state index in [2.05, 4.69) is 10.6 Å². The van der Waals surface area contributed by atoms with E-state index >= 15 is 0 Å². The van der Waals surface area contributed by atoms with Gasteiger partial charge in [0.2, 0.25) is 10.0 Å². The van der Waals surface area contributed by atoms with Gasteiger partial charge in [-0.2, -0.15) is 4.31 Å². The zero-order chi connectivity index (χ0) is 28.3. The number of esters is 2. The zero-order valence-corrected chi connectivity index (χ0v) is 22.4. The molecule has 0 spiro atoms. The summed E-state index contributed by atoms with van der Waals surface area (Å²) >= 11 is 0. The molecular weight excluding hydrogens is 538 g/mol. The van der Waals surface area contributed by atoms with E-state index in [-0.39, 0.29) is 34.9 Å². The number of nitrogens with zero attached hydrogens (tertiary/aromatic N) is 1. The molecular formula is C28H27N3O8S. The van der Waals surface area contributed by atoms with Crippen molar-refractivity contribution in [2.75, 3.05) is 19.8 Å². The Labute approximate surface area is 230 Å². The number of urea groups is 1. The third-order valence-electron chi connectivity index (χ3n) is 6.65. The first-order chi connectivity index (χ1) is 19.3. The van der Waals surface area contributed by atoms with E-state index in [0.717, 1.165) is 11.1 Å². The molecule has 0 fully saturated rings. The number of furan rings is 1. The molecule has 5 rings (SSSR count). The summed E-state index contributed by atoms with van der Waals surface area (Å²) < 4.78 is 43.8. The van der Waals surface area contributed by atoms with Crippen LogP contribution in [-0.2, 0) is 37.3 Å². The van der Waals surface area contributed by atoms with E-state index in [0.29, 0.717) is 18.7 Å². The lowest BCUT2D eigenvalue weighted by molar-refractivity contribution is -0.139. The number of carbonyl (C=O) groups is 3. The van der Waals surface area contributed by atoms with Gasteiger partial charge in [0.05, 0.1) is 34.6 Å². The van der Waals surface area contributed by atoms with Gasteiger partial charge in [0.15, 0.2) is 0 Å². The van der Waals surface area contributed by atoms with Crippen LogP contribution in [0.4, 0.5) is 4.79 Å². The van der Waals surface area contributed by atoms with Gasteiger partial charge in [-0.25, -0.2) is 22.8 Å². The first-order valence-electron chi connectivity index (χ1n) is 12.6. The fraction of sp³-hybridized carbons (Fsp3) is 0.250. The van der Waals surface area contributed by atoms with Gasteiger partial charge in [0.1, 0.15) is 18.4 Å². The largest absolute Gasteiger partial charge is 0.467 e. The Balaban J connectivity index is 1.31. The second-order valence-corrected chi connectivity index (χ2v) is 11.1. The third-order valence-corrected chi connectivity index (χ3v) is 8.51. The van der Waals surface area contributed by atoms with Gasteiger partial charge in [-0.3, -0.25) is 0 Å². The van der Waals surface area contributed by atoms with Crippen LogP contribution in [0.3, 0.4) is 0 Å². The van der Waals surface area contributed by atoms with Crippen molar-refractivity contribution < 1.29 is 36.7 Å². The minimum atomic E-state index is -3.77. The molecule has 2 aromatic carbocycles. The standard InChI is InChI=1S/C28H27N3O8S/c1-2-37-27(33)24-22(29-28(34)30-25(24)23-8-5-15-38-23)17-39-26(32)19-9-11-21(12-10-19)40(35,36)31-14-13-18-6-3-4-7-20(18)16-31/h3-12,15,25H,2,13-14,16-17H2,1H3,(H2,29,30,34). The first kappa shape index (κ1) is 27.2. The van der Waals surface area contributed by atoms with Crippen molar-refractivity contribution in [1.29, 1.82) is 0 Å². The highest BCUT2D eigenvalue weighted by molar-refractivity contribution is 7.89. The highest BCUT2D eigenvalue weighted by atomic mass is 32.2. The zero-order valence-electron chi connectivity index (χ0n) is 21.6. The number of sulfonamides is 1. The fourth-order valence-electron chi connectivity index (χ4n) is 4.66. The summed E-state index contributed by atoms with van der Waals surface area (Å²) in [5.41, 5.74) is 2.28. The number of ether oxygens (including phenoxy) is 2. The van der Waals surface area contributed by atoms with Crippen LogP contribution in [0.15, 0.2) is 87.5 Å². The maximum Gasteiger partial charge on any atom is 0.338 e. The van der Waals surface area contributed by atoms with Gasteiger partial charge in [0.25, 0.3) is 0 Å². The minimum absolute atomic E-state index is 0.0359. The summed E-state index contributed by atoms with van der Waals surface area (Å²) in [4.78, 5) is 37.9. The smallest absolute Gasteiger partial charge is 0.338 e. The molecule has 0 saturated carbocycles. The molecule has 0 bridgehead atoms. The van der Waals surface area contributed by atoms with Crippen molar-refractivity contribution in [2.24, 2.45) is 0 Å². The van der Waals surface area contributed by atoms with Crippen LogP contribution in [0, 0.1) is 0 Å². The minimum Gasteiger partial charge on any atom is -0.467 e. The average Bonchev–Trinajstić information content (AvgIpc) is 3.50. The molecule has 3 heterocycles. The summed E-state index contributed by atoms with van der Waals surface area (Å²) in [6, 6.07) is 14.8. The van der Waals surface area contributed by atoms with Gasteiger partial charge >= 0.3 is 18.0 Å². The fourth-order valence-corrected chi connectivity index (χ4v) is 6.08. The summed E-state index contributed by atoms with van der Waals surface area (Å²) in [7, 11) is -3.77. The van der Waals surface area contributed by atoms with Crippen LogP contribution >= 0.6 is 0 Å². The molecule has 2 N–H and O–H groups in total. The molecule has 0 radical (unpaired) electrons. The Morgan fingerprint density at radius 3 is 2.45 bits per heavy atom. The lowest BCUT2D eigenvalue weighted by atomic mass is 10.0. The number of carbonyl (C=O) groups excluding carboxylic acids is 3. The van der Waals surface area contributed by atoms with E-state index in [1.807, 2.05) is 24.3 Å². The molecule has 3 aromatic rings. The lowest BCUT2D eigenvalue weighted by Crippen LogP contribution is -2.47. The quantitative estimate of drug-likeness (QED) is 0.397. The van der Waals surface area contributed by atoms with Gasteiger partial charge in [-0.15, -0.1) is 0 Å². The van der Waals surface area contributed by atoms with Crippen LogP contribution in [0.25, 0.3) is 0 Å². The van der Waals surface area contributed by atoms with Crippen molar-refractivity contribution >= 4 is 28.0 Å². The summed E-state index contributed by atoms with van der Waals surface area (Å²) in [6.45, 7) is 1.93. The number of rotatable bonds is 8. The van der Waals surface area contributed by atoms with Crippen molar-refractivity contribution in [3.8, 4) is 0 Å². The number of hydrogen-bond donors (Lipinski definition) is 2. The summed E-state index contributed by atoms with van der Waals surface area (Å²) in [5.74, 6) is -1.18. The van der Waals surface area contributed by atoms with Gasteiger partial charge in [-0.05, 0) is 60.9 Å². The normalized spacial score (nSPS) is 17.4. The Morgan fingerprint density at radius 2 is 1.75 bits per heavy atom. The van der Waals surface area contributed by atoms with Gasteiger partial charge < -0.3 is 24.5 Å². The predicted octanol–water partition coefficient (Wildman–Crippen LogP) is 3.05. The van der Waals surface area contributed by atoms with E-state index < -0.39 is 40.6 Å². The van der Waals surface area contributed by atoms with Crippen LogP contribution < -0.4 is 10.6 Å². The number of benzene rings is 2. The Morgan fingerprint density at radius 1 is 1.00 bits per heavy atom. The average molecular weight is 566 g/mol. The number of nitrogens with one attached hydrogen (secondary N) is 2. The second kappa shape index (κ2) is 11.4. The number of fused-ring (bicyclic) bond motifs is 1. The molecule has 0 saturated heterocycles. The summed E-state index contributed by atoms with van der Waals surface area (Å²) in [6.07, 6.45) is 2.02. The maximum atomic E-state index is 13.2. The lowest BCUT2D eigenvalue weighted by Gasteiger charge is -2.28. The molecule has 2 amide bonds.